The van der Waals surface area contributed by atoms with Crippen LogP contribution < -0.4 is 28.4 Å². The summed E-state index contributed by atoms with van der Waals surface area (Å²) in [5.74, 6) is 2.21. The molecule has 1 N–H and O–H groups in total. The number of ether oxygens (including phenoxy) is 12. The molecule has 380 valence electrons. The van der Waals surface area contributed by atoms with Crippen molar-refractivity contribution in [2.75, 3.05) is 92.5 Å². The molecule has 3 aromatic rings. The van der Waals surface area contributed by atoms with Crippen LogP contribution in [0.15, 0.2) is 92.0 Å². The van der Waals surface area contributed by atoms with Crippen molar-refractivity contribution < 1.29 is 76.0 Å². The molecule has 0 aromatic heterocycles. The third-order valence-corrected chi connectivity index (χ3v) is 11.6. The minimum Gasteiger partial charge on any atom is -0.493 e. The van der Waals surface area contributed by atoms with Gasteiger partial charge >= 0.3 is 23.9 Å². The van der Waals surface area contributed by atoms with E-state index in [1.807, 2.05) is 18.2 Å². The molecule has 0 spiro atoms. The van der Waals surface area contributed by atoms with Crippen molar-refractivity contribution in [1.29, 1.82) is 5.41 Å². The first-order valence-electron chi connectivity index (χ1n) is 23.9. The van der Waals surface area contributed by atoms with Gasteiger partial charge in [-0.25, -0.2) is 9.59 Å². The lowest BCUT2D eigenvalue weighted by Gasteiger charge is -2.27. The zero-order valence-corrected chi connectivity index (χ0v) is 39.9. The summed E-state index contributed by atoms with van der Waals surface area (Å²) in [7, 11) is 0. The van der Waals surface area contributed by atoms with Gasteiger partial charge in [-0.3, -0.25) is 9.59 Å². The molecule has 2 aliphatic rings. The number of esters is 4. The zero-order chi connectivity index (χ0) is 49.6. The lowest BCUT2D eigenvalue weighted by atomic mass is 9.82. The Balaban J connectivity index is 0.887. The predicted molar refractivity (Wildman–Crippen MR) is 257 cm³/mol. The molecular formula is C53H67NO16. The second-order valence-corrected chi connectivity index (χ2v) is 16.6. The Morgan fingerprint density at radius 2 is 0.829 bits per heavy atom. The Morgan fingerprint density at radius 1 is 0.457 bits per heavy atom. The minimum atomic E-state index is -0.484. The van der Waals surface area contributed by atoms with E-state index in [0.717, 1.165) is 37.8 Å². The molecule has 2 aliphatic carbocycles. The highest BCUT2D eigenvalue weighted by atomic mass is 16.6. The number of carbonyl (C=O) groups is 4. The van der Waals surface area contributed by atoms with Gasteiger partial charge in [0.25, 0.3) is 0 Å². The SMILES string of the molecule is C=CC(=O)OCCOCCOCCOc1ccc(OC(=O)C2CCC(COc3ccc(OCC4CCC(C(=O)Oc5ccc(OCCOCCOCCOC(=O)C=C)cc5)CC4)c(C=N)c3)CC2)cc1. The van der Waals surface area contributed by atoms with Crippen LogP contribution >= 0.6 is 0 Å². The van der Waals surface area contributed by atoms with E-state index in [4.69, 9.17) is 62.3 Å². The minimum absolute atomic E-state index is 0.161. The van der Waals surface area contributed by atoms with E-state index in [2.05, 4.69) is 13.2 Å². The maximum absolute atomic E-state index is 13.0. The van der Waals surface area contributed by atoms with Crippen LogP contribution in [0, 0.1) is 29.1 Å². The molecule has 3 aromatic carbocycles. The monoisotopic (exact) mass is 973 g/mol. The molecule has 0 aliphatic heterocycles. The standard InChI is InChI=1S/C53H67NO16/c1-3-50(55)65-33-29-61-25-23-59-27-31-63-44-13-17-46(18-14-44)69-52(57)41-9-5-39(6-10-41)37-67-48-21-22-49(43(35-48)36-54)68-38-40-7-11-42(12-8-40)53(58)70-47-19-15-45(16-20-47)64-32-28-60-24-26-62-30-34-66-51(56)4-2/h3-4,13-22,35-36,39-42,54H,1-2,5-12,23-34,37-38H2. The van der Waals surface area contributed by atoms with Crippen molar-refractivity contribution in [1.82, 2.24) is 0 Å². The van der Waals surface area contributed by atoms with Crippen LogP contribution in [0.4, 0.5) is 0 Å². The Hall–Kier alpha value is -6.27. The van der Waals surface area contributed by atoms with Crippen molar-refractivity contribution in [3.05, 3.63) is 97.6 Å². The number of benzene rings is 3. The van der Waals surface area contributed by atoms with E-state index in [-0.39, 0.29) is 56.1 Å². The highest BCUT2D eigenvalue weighted by Crippen LogP contribution is 2.34. The molecule has 70 heavy (non-hydrogen) atoms. The quantitative estimate of drug-likeness (QED) is 0.0206. The van der Waals surface area contributed by atoms with Gasteiger partial charge in [0, 0.05) is 23.9 Å². The lowest BCUT2D eigenvalue weighted by Crippen LogP contribution is -2.28. The van der Waals surface area contributed by atoms with Gasteiger partial charge < -0.3 is 62.3 Å². The number of hydrogen-bond donors (Lipinski definition) is 1. The van der Waals surface area contributed by atoms with Gasteiger partial charge in [-0.15, -0.1) is 0 Å². The first-order valence-corrected chi connectivity index (χ1v) is 23.9. The van der Waals surface area contributed by atoms with Gasteiger partial charge in [0.2, 0.25) is 0 Å². The van der Waals surface area contributed by atoms with Gasteiger partial charge in [-0.2, -0.15) is 0 Å². The number of nitrogens with one attached hydrogen (secondary N) is 1. The molecule has 2 fully saturated rings. The highest BCUT2D eigenvalue weighted by molar-refractivity contribution is 5.82. The Bertz CT molecular complexity index is 2060. The fourth-order valence-electron chi connectivity index (χ4n) is 7.62. The first kappa shape index (κ1) is 54.7. The molecule has 0 unspecified atom stereocenters. The van der Waals surface area contributed by atoms with Crippen molar-refractivity contribution >= 4 is 30.1 Å². The Kier molecular flexibility index (Phi) is 24.8. The second kappa shape index (κ2) is 31.8. The van der Waals surface area contributed by atoms with E-state index < -0.39 is 11.9 Å². The molecule has 5 rings (SSSR count). The van der Waals surface area contributed by atoms with Crippen molar-refractivity contribution in [3.8, 4) is 34.5 Å². The zero-order valence-electron chi connectivity index (χ0n) is 39.9. The summed E-state index contributed by atoms with van der Waals surface area (Å²) >= 11 is 0. The van der Waals surface area contributed by atoms with Crippen LogP contribution in [0.5, 0.6) is 34.5 Å². The van der Waals surface area contributed by atoms with Crippen molar-refractivity contribution in [3.63, 3.8) is 0 Å². The van der Waals surface area contributed by atoms with Crippen LogP contribution in [0.1, 0.15) is 56.9 Å². The van der Waals surface area contributed by atoms with Crippen LogP contribution in [-0.4, -0.2) is 123 Å². The highest BCUT2D eigenvalue weighted by Gasteiger charge is 2.30. The van der Waals surface area contributed by atoms with Gasteiger partial charge in [-0.1, -0.05) is 13.2 Å². The third kappa shape index (κ3) is 20.8. The first-order chi connectivity index (χ1) is 34.2. The van der Waals surface area contributed by atoms with Crippen LogP contribution in [0.2, 0.25) is 0 Å². The lowest BCUT2D eigenvalue weighted by molar-refractivity contribution is -0.141. The van der Waals surface area contributed by atoms with Crippen LogP contribution in [0.3, 0.4) is 0 Å². The van der Waals surface area contributed by atoms with E-state index in [9.17, 15) is 19.2 Å². The molecule has 17 heteroatoms. The molecule has 0 radical (unpaired) electrons. The van der Waals surface area contributed by atoms with Crippen molar-refractivity contribution in [2.24, 2.45) is 23.7 Å². The van der Waals surface area contributed by atoms with Crippen LogP contribution in [0.25, 0.3) is 0 Å². The third-order valence-electron chi connectivity index (χ3n) is 11.6. The Labute approximate surface area is 410 Å². The number of rotatable bonds is 33. The number of carbonyl (C=O) groups excluding carboxylic acids is 4. The summed E-state index contributed by atoms with van der Waals surface area (Å²) in [5.41, 5.74) is 0.629. The molecular weight excluding hydrogens is 907 g/mol. The largest absolute Gasteiger partial charge is 0.493 e. The van der Waals surface area contributed by atoms with Crippen molar-refractivity contribution in [2.45, 2.75) is 51.4 Å². The summed E-state index contributed by atoms with van der Waals surface area (Å²) in [6, 6.07) is 19.4. The molecule has 0 heterocycles. The van der Waals surface area contributed by atoms with Gasteiger partial charge in [0.15, 0.2) is 0 Å². The molecule has 0 saturated heterocycles. The van der Waals surface area contributed by atoms with E-state index in [1.165, 1.54) is 6.21 Å². The molecule has 0 amide bonds. The molecule has 2 saturated carbocycles. The van der Waals surface area contributed by atoms with Gasteiger partial charge in [-0.05, 0) is 130 Å². The summed E-state index contributed by atoms with van der Waals surface area (Å²) < 4.78 is 66.4. The Morgan fingerprint density at radius 3 is 1.24 bits per heavy atom. The smallest absolute Gasteiger partial charge is 0.330 e. The van der Waals surface area contributed by atoms with Crippen LogP contribution in [-0.2, 0) is 47.6 Å². The maximum Gasteiger partial charge on any atom is 0.330 e. The average Bonchev–Trinajstić information content (AvgIpc) is 3.39. The van der Waals surface area contributed by atoms with E-state index in [1.54, 1.807) is 48.5 Å². The maximum atomic E-state index is 13.0. The molecule has 0 atom stereocenters. The topological polar surface area (TPSA) is 203 Å². The predicted octanol–water partition coefficient (Wildman–Crippen LogP) is 7.55. The van der Waals surface area contributed by atoms with E-state index >= 15 is 0 Å². The second-order valence-electron chi connectivity index (χ2n) is 16.6. The molecule has 17 nitrogen and oxygen atoms in total. The summed E-state index contributed by atoms with van der Waals surface area (Å²) in [4.78, 5) is 47.9. The van der Waals surface area contributed by atoms with Gasteiger partial charge in [0.1, 0.15) is 60.9 Å². The summed E-state index contributed by atoms with van der Waals surface area (Å²) in [6.07, 6.45) is 9.64. The molecule has 0 bridgehead atoms. The summed E-state index contributed by atoms with van der Waals surface area (Å²) in [6.45, 7) is 11.5. The fraction of sp³-hybridized carbons (Fsp3) is 0.491. The average molecular weight is 974 g/mol. The number of hydrogen-bond acceptors (Lipinski definition) is 17. The van der Waals surface area contributed by atoms with E-state index in [0.29, 0.717) is 138 Å². The van der Waals surface area contributed by atoms with Gasteiger partial charge in [0.05, 0.1) is 77.9 Å². The fourth-order valence-corrected chi connectivity index (χ4v) is 7.62. The summed E-state index contributed by atoms with van der Waals surface area (Å²) in [5, 5.41) is 8.02. The normalized spacial score (nSPS) is 17.5.